The Morgan fingerprint density at radius 1 is 1.13 bits per heavy atom. The van der Waals surface area contributed by atoms with Gasteiger partial charge < -0.3 is 25.3 Å². The number of carbonyl (C=O) groups is 1. The molecule has 0 aliphatic heterocycles. The van der Waals surface area contributed by atoms with Crippen LogP contribution < -0.4 is 15.5 Å². The number of ether oxygens (including phenoxy) is 1. The van der Waals surface area contributed by atoms with Crippen LogP contribution in [0.25, 0.3) is 21.8 Å². The van der Waals surface area contributed by atoms with Crippen LogP contribution in [0.5, 0.6) is 0 Å². The lowest BCUT2D eigenvalue weighted by atomic mass is 9.91. The SMILES string of the molecule is CCOC(=O)c1[nH]c2cc(C)cc(Cl)c2c1CNC1CCC(Nc2nc(N(C)C)c3ccccc3n2)CC1. The fourth-order valence-electron chi connectivity index (χ4n) is 5.37. The van der Waals surface area contributed by atoms with Gasteiger partial charge in [-0.1, -0.05) is 23.7 Å². The number of H-pyrrole nitrogens is 1. The monoisotopic (exact) mass is 534 g/mol. The van der Waals surface area contributed by atoms with Crippen molar-refractivity contribution < 1.29 is 9.53 Å². The molecule has 2 aromatic carbocycles. The van der Waals surface area contributed by atoms with Crippen molar-refractivity contribution in [2.24, 2.45) is 0 Å². The summed E-state index contributed by atoms with van der Waals surface area (Å²) in [6.07, 6.45) is 4.03. The zero-order valence-electron chi connectivity index (χ0n) is 22.4. The van der Waals surface area contributed by atoms with Crippen molar-refractivity contribution in [1.29, 1.82) is 0 Å². The highest BCUT2D eigenvalue weighted by Gasteiger charge is 2.25. The molecule has 0 unspecified atom stereocenters. The molecule has 1 fully saturated rings. The summed E-state index contributed by atoms with van der Waals surface area (Å²) in [4.78, 5) is 27.5. The minimum Gasteiger partial charge on any atom is -0.461 e. The number of nitrogens with zero attached hydrogens (tertiary/aromatic N) is 3. The molecule has 9 heteroatoms. The van der Waals surface area contributed by atoms with E-state index in [1.54, 1.807) is 0 Å². The van der Waals surface area contributed by atoms with Crippen LogP contribution in [0.2, 0.25) is 5.02 Å². The number of nitrogens with one attached hydrogen (secondary N) is 3. The number of aryl methyl sites for hydroxylation is 1. The van der Waals surface area contributed by atoms with Crippen LogP contribution >= 0.6 is 11.6 Å². The number of hydrogen-bond acceptors (Lipinski definition) is 7. The van der Waals surface area contributed by atoms with Gasteiger partial charge in [0.15, 0.2) is 0 Å². The Hall–Kier alpha value is -3.36. The predicted molar refractivity (Wildman–Crippen MR) is 154 cm³/mol. The summed E-state index contributed by atoms with van der Waals surface area (Å²) >= 11 is 6.62. The molecule has 38 heavy (non-hydrogen) atoms. The molecule has 1 aliphatic carbocycles. The minimum absolute atomic E-state index is 0.310. The molecule has 0 spiro atoms. The van der Waals surface area contributed by atoms with E-state index >= 15 is 0 Å². The van der Waals surface area contributed by atoms with Crippen LogP contribution in [0.3, 0.4) is 0 Å². The van der Waals surface area contributed by atoms with Crippen molar-refractivity contribution in [3.63, 3.8) is 0 Å². The van der Waals surface area contributed by atoms with Gasteiger partial charge in [0.1, 0.15) is 11.5 Å². The Labute approximate surface area is 228 Å². The van der Waals surface area contributed by atoms with Gasteiger partial charge in [0.05, 0.1) is 17.1 Å². The lowest BCUT2D eigenvalue weighted by Crippen LogP contribution is -2.37. The highest BCUT2D eigenvalue weighted by Crippen LogP contribution is 2.32. The second kappa shape index (κ2) is 11.2. The molecule has 3 N–H and O–H groups in total. The van der Waals surface area contributed by atoms with Crippen molar-refractivity contribution in [2.75, 3.05) is 30.9 Å². The Balaban J connectivity index is 1.26. The van der Waals surface area contributed by atoms with E-state index < -0.39 is 0 Å². The average Bonchev–Trinajstić information content (AvgIpc) is 3.26. The first kappa shape index (κ1) is 26.3. The highest BCUT2D eigenvalue weighted by molar-refractivity contribution is 6.36. The first-order chi connectivity index (χ1) is 18.3. The molecule has 1 aliphatic rings. The molecule has 200 valence electrons. The van der Waals surface area contributed by atoms with E-state index in [0.717, 1.165) is 64.4 Å². The normalized spacial score (nSPS) is 17.6. The predicted octanol–water partition coefficient (Wildman–Crippen LogP) is 5.83. The maximum atomic E-state index is 12.7. The molecular formula is C29H35ClN6O2. The van der Waals surface area contributed by atoms with Gasteiger partial charge in [0, 0.05) is 54.6 Å². The molecule has 0 saturated heterocycles. The maximum Gasteiger partial charge on any atom is 0.355 e. The third-order valence-corrected chi connectivity index (χ3v) is 7.51. The Morgan fingerprint density at radius 3 is 2.61 bits per heavy atom. The largest absolute Gasteiger partial charge is 0.461 e. The number of para-hydroxylation sites is 1. The number of halogens is 1. The minimum atomic E-state index is -0.352. The molecule has 4 aromatic rings. The van der Waals surface area contributed by atoms with E-state index in [-0.39, 0.29) is 5.97 Å². The molecule has 2 heterocycles. The first-order valence-electron chi connectivity index (χ1n) is 13.3. The lowest BCUT2D eigenvalue weighted by Gasteiger charge is -2.30. The van der Waals surface area contributed by atoms with E-state index in [1.165, 1.54) is 0 Å². The van der Waals surface area contributed by atoms with E-state index in [2.05, 4.69) is 21.7 Å². The maximum absolute atomic E-state index is 12.7. The summed E-state index contributed by atoms with van der Waals surface area (Å²) in [5.41, 5.74) is 4.17. The number of rotatable bonds is 8. The van der Waals surface area contributed by atoms with Gasteiger partial charge in [-0.25, -0.2) is 9.78 Å². The summed E-state index contributed by atoms with van der Waals surface area (Å²) in [7, 11) is 4.01. The van der Waals surface area contributed by atoms with Gasteiger partial charge in [-0.3, -0.25) is 0 Å². The van der Waals surface area contributed by atoms with Gasteiger partial charge in [0.2, 0.25) is 5.95 Å². The molecule has 0 amide bonds. The molecule has 5 rings (SSSR count). The number of carbonyl (C=O) groups excluding carboxylic acids is 1. The fraction of sp³-hybridized carbons (Fsp3) is 0.414. The Kier molecular flexibility index (Phi) is 7.72. The topological polar surface area (TPSA) is 95.2 Å². The van der Waals surface area contributed by atoms with E-state index in [0.29, 0.717) is 41.9 Å². The highest BCUT2D eigenvalue weighted by atomic mass is 35.5. The van der Waals surface area contributed by atoms with Crippen LogP contribution in [0.1, 0.15) is 54.2 Å². The average molecular weight is 535 g/mol. The van der Waals surface area contributed by atoms with Crippen LogP contribution in [-0.4, -0.2) is 53.7 Å². The van der Waals surface area contributed by atoms with Gasteiger partial charge in [0.25, 0.3) is 0 Å². The second-order valence-corrected chi connectivity index (χ2v) is 10.6. The molecule has 0 atom stereocenters. The van der Waals surface area contributed by atoms with Gasteiger partial charge >= 0.3 is 5.97 Å². The van der Waals surface area contributed by atoms with Crippen molar-refractivity contribution in [1.82, 2.24) is 20.3 Å². The number of esters is 1. The van der Waals surface area contributed by atoms with Crippen molar-refractivity contribution in [2.45, 2.75) is 58.2 Å². The summed E-state index contributed by atoms with van der Waals surface area (Å²) in [5.74, 6) is 1.24. The Morgan fingerprint density at radius 2 is 1.87 bits per heavy atom. The molecular weight excluding hydrogens is 500 g/mol. The molecule has 8 nitrogen and oxygen atoms in total. The van der Waals surface area contributed by atoms with Crippen molar-refractivity contribution >= 4 is 51.1 Å². The van der Waals surface area contributed by atoms with Crippen LogP contribution in [-0.2, 0) is 11.3 Å². The molecule has 1 saturated carbocycles. The number of aromatic nitrogens is 3. The summed E-state index contributed by atoms with van der Waals surface area (Å²) in [6.45, 7) is 4.67. The third kappa shape index (κ3) is 5.42. The third-order valence-electron chi connectivity index (χ3n) is 7.21. The summed E-state index contributed by atoms with van der Waals surface area (Å²) in [5, 5.41) is 9.82. The number of fused-ring (bicyclic) bond motifs is 2. The first-order valence-corrected chi connectivity index (χ1v) is 13.6. The van der Waals surface area contributed by atoms with Gasteiger partial charge in [-0.05, 0) is 69.4 Å². The zero-order chi connectivity index (χ0) is 26.8. The molecule has 0 bridgehead atoms. The molecule has 0 radical (unpaired) electrons. The fourth-order valence-corrected chi connectivity index (χ4v) is 5.76. The van der Waals surface area contributed by atoms with E-state index in [9.17, 15) is 4.79 Å². The number of benzene rings is 2. The number of hydrogen-bond donors (Lipinski definition) is 3. The zero-order valence-corrected chi connectivity index (χ0v) is 23.2. The van der Waals surface area contributed by atoms with Crippen molar-refractivity contribution in [3.05, 3.63) is 58.2 Å². The molecule has 2 aromatic heterocycles. The number of anilines is 2. The van der Waals surface area contributed by atoms with Crippen molar-refractivity contribution in [3.8, 4) is 0 Å². The Bertz CT molecular complexity index is 1460. The van der Waals surface area contributed by atoms with E-state index in [1.807, 2.05) is 63.2 Å². The van der Waals surface area contributed by atoms with Gasteiger partial charge in [-0.15, -0.1) is 0 Å². The summed E-state index contributed by atoms with van der Waals surface area (Å²) < 4.78 is 5.32. The van der Waals surface area contributed by atoms with Crippen LogP contribution in [0.15, 0.2) is 36.4 Å². The lowest BCUT2D eigenvalue weighted by molar-refractivity contribution is 0.0519. The van der Waals surface area contributed by atoms with Gasteiger partial charge in [-0.2, -0.15) is 4.98 Å². The van der Waals surface area contributed by atoms with E-state index in [4.69, 9.17) is 26.3 Å². The quantitative estimate of drug-likeness (QED) is 0.245. The standard InChI is InChI=1S/C29H35ClN6O2/c1-5-38-28(37)26-21(25-22(30)14-17(2)15-24(25)33-26)16-31-18-10-12-19(13-11-18)32-29-34-23-9-7-6-8-20(23)27(35-29)36(3)4/h6-9,14-15,18-19,31,33H,5,10-13,16H2,1-4H3,(H,32,34,35). The summed E-state index contributed by atoms with van der Waals surface area (Å²) in [6, 6.07) is 12.7. The van der Waals surface area contributed by atoms with Crippen LogP contribution in [0, 0.1) is 6.92 Å². The van der Waals surface area contributed by atoms with Crippen LogP contribution in [0.4, 0.5) is 11.8 Å². The number of aromatic amines is 1. The second-order valence-electron chi connectivity index (χ2n) is 10.2. The smallest absolute Gasteiger partial charge is 0.355 e.